The molecule has 0 bridgehead atoms. The second-order valence-electron chi connectivity index (χ2n) is 3.12. The number of aryl methyl sites for hydroxylation is 1. The predicted octanol–water partition coefficient (Wildman–Crippen LogP) is 3.42. The Morgan fingerprint density at radius 1 is 1.54 bits per heavy atom. The molecule has 1 atom stereocenters. The van der Waals surface area contributed by atoms with Gasteiger partial charge in [-0.05, 0) is 43.5 Å². The van der Waals surface area contributed by atoms with Crippen LogP contribution in [0.25, 0.3) is 0 Å². The van der Waals surface area contributed by atoms with Crippen molar-refractivity contribution in [2.75, 3.05) is 0 Å². The smallest absolute Gasteiger partial charge is 0.0515 e. The molecule has 0 saturated carbocycles. The Bertz CT molecular complexity index is 286. The van der Waals surface area contributed by atoms with Crippen LogP contribution in [0.4, 0.5) is 0 Å². The molecule has 1 N–H and O–H groups in total. The Morgan fingerprint density at radius 3 is 2.85 bits per heavy atom. The lowest BCUT2D eigenvalue weighted by atomic mass is 10.1. The van der Waals surface area contributed by atoms with Gasteiger partial charge >= 0.3 is 0 Å². The van der Waals surface area contributed by atoms with E-state index >= 15 is 0 Å². The van der Waals surface area contributed by atoms with Gasteiger partial charge in [-0.15, -0.1) is 0 Å². The molecule has 13 heavy (non-hydrogen) atoms. The lowest BCUT2D eigenvalue weighted by molar-refractivity contribution is 0.185. The van der Waals surface area contributed by atoms with Crippen LogP contribution in [-0.2, 0) is 6.42 Å². The first-order chi connectivity index (χ1) is 6.09. The summed E-state index contributed by atoms with van der Waals surface area (Å²) in [5.74, 6) is 0. The molecule has 0 aromatic heterocycles. The molecule has 0 aliphatic carbocycles. The molecular formula is C10H12BrClO. The average Bonchev–Trinajstić information content (AvgIpc) is 2.06. The van der Waals surface area contributed by atoms with Gasteiger partial charge in [-0.25, -0.2) is 0 Å². The summed E-state index contributed by atoms with van der Waals surface area (Å²) in [5, 5.41) is 9.89. The van der Waals surface area contributed by atoms with Crippen LogP contribution >= 0.6 is 27.5 Å². The molecule has 1 rings (SSSR count). The van der Waals surface area contributed by atoms with Crippen molar-refractivity contribution in [1.82, 2.24) is 0 Å². The van der Waals surface area contributed by atoms with E-state index in [1.807, 2.05) is 18.2 Å². The highest BCUT2D eigenvalue weighted by molar-refractivity contribution is 9.10. The Hall–Kier alpha value is -0.0500. The van der Waals surface area contributed by atoms with Crippen molar-refractivity contribution in [3.05, 3.63) is 33.3 Å². The monoisotopic (exact) mass is 262 g/mol. The lowest BCUT2D eigenvalue weighted by Gasteiger charge is -2.06. The van der Waals surface area contributed by atoms with Crippen molar-refractivity contribution in [3.8, 4) is 0 Å². The number of aliphatic hydroxyl groups excluding tert-OH is 1. The Morgan fingerprint density at radius 2 is 2.23 bits per heavy atom. The standard InChI is InChI=1S/C10H12BrClO/c1-7(13)2-3-8-6-9(11)4-5-10(8)12/h4-7,13H,2-3H2,1H3/t7-/m0/s1. The second kappa shape index (κ2) is 4.99. The van der Waals surface area contributed by atoms with Gasteiger partial charge in [0, 0.05) is 9.50 Å². The fraction of sp³-hybridized carbons (Fsp3) is 0.400. The third kappa shape index (κ3) is 3.67. The number of rotatable bonds is 3. The number of halogens is 2. The molecule has 0 fully saturated rings. The molecule has 0 amide bonds. The van der Waals surface area contributed by atoms with Crippen LogP contribution in [0.3, 0.4) is 0 Å². The Kier molecular flexibility index (Phi) is 4.23. The van der Waals surface area contributed by atoms with Crippen molar-refractivity contribution in [1.29, 1.82) is 0 Å². The highest BCUT2D eigenvalue weighted by Gasteiger charge is 2.03. The van der Waals surface area contributed by atoms with Crippen molar-refractivity contribution in [2.24, 2.45) is 0 Å². The largest absolute Gasteiger partial charge is 0.393 e. The maximum absolute atomic E-state index is 9.12. The van der Waals surface area contributed by atoms with E-state index in [9.17, 15) is 0 Å². The van der Waals surface area contributed by atoms with E-state index in [0.29, 0.717) is 0 Å². The van der Waals surface area contributed by atoms with Crippen molar-refractivity contribution < 1.29 is 5.11 Å². The van der Waals surface area contributed by atoms with Crippen molar-refractivity contribution in [2.45, 2.75) is 25.9 Å². The lowest BCUT2D eigenvalue weighted by Crippen LogP contribution is -2.01. The zero-order valence-corrected chi connectivity index (χ0v) is 9.77. The van der Waals surface area contributed by atoms with E-state index in [-0.39, 0.29) is 6.10 Å². The summed E-state index contributed by atoms with van der Waals surface area (Å²) in [6.45, 7) is 1.78. The molecule has 3 heteroatoms. The number of hydrogen-bond acceptors (Lipinski definition) is 1. The highest BCUT2D eigenvalue weighted by atomic mass is 79.9. The predicted molar refractivity (Wildman–Crippen MR) is 59.2 cm³/mol. The van der Waals surface area contributed by atoms with Gasteiger partial charge in [0.05, 0.1) is 6.10 Å². The summed E-state index contributed by atoms with van der Waals surface area (Å²) >= 11 is 9.36. The zero-order chi connectivity index (χ0) is 9.84. The van der Waals surface area contributed by atoms with E-state index in [2.05, 4.69) is 15.9 Å². The van der Waals surface area contributed by atoms with Crippen molar-refractivity contribution >= 4 is 27.5 Å². The molecule has 0 radical (unpaired) electrons. The average molecular weight is 264 g/mol. The topological polar surface area (TPSA) is 20.2 Å². The molecule has 0 aliphatic rings. The second-order valence-corrected chi connectivity index (χ2v) is 4.45. The maximum atomic E-state index is 9.12. The Labute approximate surface area is 91.9 Å². The molecule has 72 valence electrons. The van der Waals surface area contributed by atoms with Crippen LogP contribution in [0.2, 0.25) is 5.02 Å². The molecule has 0 aliphatic heterocycles. The summed E-state index contributed by atoms with van der Waals surface area (Å²) < 4.78 is 1.03. The molecule has 0 heterocycles. The van der Waals surface area contributed by atoms with Gasteiger partial charge < -0.3 is 5.11 Å². The van der Waals surface area contributed by atoms with E-state index in [0.717, 1.165) is 27.9 Å². The third-order valence-electron chi connectivity index (χ3n) is 1.84. The molecule has 0 saturated heterocycles. The fourth-order valence-electron chi connectivity index (χ4n) is 1.10. The van der Waals surface area contributed by atoms with Crippen LogP contribution in [0.15, 0.2) is 22.7 Å². The van der Waals surface area contributed by atoms with Crippen LogP contribution in [0.1, 0.15) is 18.9 Å². The van der Waals surface area contributed by atoms with Gasteiger partial charge in [0.1, 0.15) is 0 Å². The van der Waals surface area contributed by atoms with Crippen LogP contribution in [-0.4, -0.2) is 11.2 Å². The van der Waals surface area contributed by atoms with Gasteiger partial charge in [0.15, 0.2) is 0 Å². The van der Waals surface area contributed by atoms with Gasteiger partial charge in [-0.2, -0.15) is 0 Å². The minimum atomic E-state index is -0.268. The summed E-state index contributed by atoms with van der Waals surface area (Å²) in [6, 6.07) is 5.77. The highest BCUT2D eigenvalue weighted by Crippen LogP contribution is 2.22. The quantitative estimate of drug-likeness (QED) is 0.886. The molecule has 1 nitrogen and oxygen atoms in total. The van der Waals surface area contributed by atoms with Gasteiger partial charge in [0.2, 0.25) is 0 Å². The van der Waals surface area contributed by atoms with Crippen LogP contribution < -0.4 is 0 Å². The van der Waals surface area contributed by atoms with E-state index < -0.39 is 0 Å². The summed E-state index contributed by atoms with van der Waals surface area (Å²) in [6.07, 6.45) is 1.29. The van der Waals surface area contributed by atoms with E-state index in [1.54, 1.807) is 6.92 Å². The molecule has 0 spiro atoms. The van der Waals surface area contributed by atoms with E-state index in [1.165, 1.54) is 0 Å². The maximum Gasteiger partial charge on any atom is 0.0515 e. The van der Waals surface area contributed by atoms with Gasteiger partial charge in [-0.1, -0.05) is 27.5 Å². The SMILES string of the molecule is C[C@H](O)CCc1cc(Br)ccc1Cl. The van der Waals surface area contributed by atoms with Crippen LogP contribution in [0, 0.1) is 0 Å². The number of hydrogen-bond donors (Lipinski definition) is 1. The number of aliphatic hydroxyl groups is 1. The van der Waals surface area contributed by atoms with Crippen LogP contribution in [0.5, 0.6) is 0 Å². The molecule has 0 unspecified atom stereocenters. The first-order valence-corrected chi connectivity index (χ1v) is 5.38. The summed E-state index contributed by atoms with van der Waals surface area (Å²) in [7, 11) is 0. The minimum Gasteiger partial charge on any atom is -0.393 e. The normalized spacial score (nSPS) is 12.9. The first-order valence-electron chi connectivity index (χ1n) is 4.21. The van der Waals surface area contributed by atoms with E-state index in [4.69, 9.17) is 16.7 Å². The number of benzene rings is 1. The molecule has 1 aromatic rings. The summed E-state index contributed by atoms with van der Waals surface area (Å²) in [4.78, 5) is 0. The zero-order valence-electron chi connectivity index (χ0n) is 7.43. The van der Waals surface area contributed by atoms with Gasteiger partial charge in [-0.3, -0.25) is 0 Å². The summed E-state index contributed by atoms with van der Waals surface area (Å²) in [5.41, 5.74) is 1.08. The Balaban J connectivity index is 2.70. The van der Waals surface area contributed by atoms with Gasteiger partial charge in [0.25, 0.3) is 0 Å². The molecular weight excluding hydrogens is 251 g/mol. The first kappa shape index (κ1) is 11.0. The molecule has 1 aromatic carbocycles. The van der Waals surface area contributed by atoms with Crippen molar-refractivity contribution in [3.63, 3.8) is 0 Å². The fourth-order valence-corrected chi connectivity index (χ4v) is 1.72. The minimum absolute atomic E-state index is 0.268. The third-order valence-corrected chi connectivity index (χ3v) is 2.70.